The van der Waals surface area contributed by atoms with Crippen LogP contribution in [0.25, 0.3) is 0 Å². The van der Waals surface area contributed by atoms with Crippen molar-refractivity contribution >= 4 is 23.9 Å². The summed E-state index contributed by atoms with van der Waals surface area (Å²) >= 11 is 0. The first-order valence-corrected chi connectivity index (χ1v) is 10.2. The fourth-order valence-electron chi connectivity index (χ4n) is 3.64. The number of ether oxygens (including phenoxy) is 4. The molecule has 8 heteroatoms. The van der Waals surface area contributed by atoms with Crippen LogP contribution in [0, 0.1) is 5.92 Å². The second-order valence-electron chi connectivity index (χ2n) is 7.42. The lowest BCUT2D eigenvalue weighted by molar-refractivity contribution is -0.168. The van der Waals surface area contributed by atoms with Gasteiger partial charge in [-0.2, -0.15) is 0 Å². The molecule has 4 atom stereocenters. The summed E-state index contributed by atoms with van der Waals surface area (Å²) in [6.07, 6.45) is -2.65. The monoisotopic (exact) mass is 440 g/mol. The van der Waals surface area contributed by atoms with Gasteiger partial charge in [-0.15, -0.1) is 0 Å². The third kappa shape index (κ3) is 5.94. The van der Waals surface area contributed by atoms with Gasteiger partial charge in [0.2, 0.25) is 0 Å². The van der Waals surface area contributed by atoms with Gasteiger partial charge in [0.15, 0.2) is 6.10 Å². The fourth-order valence-corrected chi connectivity index (χ4v) is 3.64. The maximum atomic E-state index is 12.7. The quantitative estimate of drug-likeness (QED) is 0.478. The minimum Gasteiger partial charge on any atom is -0.462 e. The van der Waals surface area contributed by atoms with Crippen LogP contribution in [0.5, 0.6) is 0 Å². The zero-order valence-corrected chi connectivity index (χ0v) is 17.8. The highest BCUT2D eigenvalue weighted by Gasteiger charge is 2.50. The van der Waals surface area contributed by atoms with E-state index in [1.165, 1.54) is 13.8 Å². The van der Waals surface area contributed by atoms with Crippen molar-refractivity contribution < 1.29 is 38.1 Å². The Morgan fingerprint density at radius 1 is 0.719 bits per heavy atom. The molecule has 0 amide bonds. The van der Waals surface area contributed by atoms with Crippen LogP contribution in [-0.4, -0.2) is 48.8 Å². The van der Waals surface area contributed by atoms with E-state index < -0.39 is 48.1 Å². The smallest absolute Gasteiger partial charge is 0.338 e. The van der Waals surface area contributed by atoms with Gasteiger partial charge in [-0.05, 0) is 30.7 Å². The van der Waals surface area contributed by atoms with Gasteiger partial charge in [0.1, 0.15) is 12.2 Å². The van der Waals surface area contributed by atoms with E-state index >= 15 is 0 Å². The molecule has 2 aromatic rings. The normalized spacial score (nSPS) is 21.9. The SMILES string of the molecule is CC(=O)OC1CC(COC(=O)c2ccccc2)C(OC(=O)c2ccccc2)C1OC(C)=O. The molecule has 0 spiro atoms. The highest BCUT2D eigenvalue weighted by atomic mass is 16.6. The first-order valence-electron chi connectivity index (χ1n) is 10.2. The average molecular weight is 440 g/mol. The van der Waals surface area contributed by atoms with Crippen molar-refractivity contribution in [3.8, 4) is 0 Å². The topological polar surface area (TPSA) is 105 Å². The van der Waals surface area contributed by atoms with Gasteiger partial charge in [-0.25, -0.2) is 9.59 Å². The Hall–Kier alpha value is -3.68. The Morgan fingerprint density at radius 2 is 1.25 bits per heavy atom. The molecule has 1 aliphatic rings. The average Bonchev–Trinajstić information content (AvgIpc) is 3.08. The first kappa shape index (κ1) is 23.0. The molecule has 0 N–H and O–H groups in total. The maximum Gasteiger partial charge on any atom is 0.338 e. The van der Waals surface area contributed by atoms with Crippen molar-refractivity contribution in [2.24, 2.45) is 5.92 Å². The summed E-state index contributed by atoms with van der Waals surface area (Å²) in [7, 11) is 0. The van der Waals surface area contributed by atoms with Crippen molar-refractivity contribution in [2.75, 3.05) is 6.61 Å². The van der Waals surface area contributed by atoms with Gasteiger partial charge in [-0.3, -0.25) is 9.59 Å². The minimum atomic E-state index is -1.02. The van der Waals surface area contributed by atoms with E-state index in [-0.39, 0.29) is 13.0 Å². The second kappa shape index (κ2) is 10.6. The third-order valence-corrected chi connectivity index (χ3v) is 5.00. The lowest BCUT2D eigenvalue weighted by Crippen LogP contribution is -2.40. The van der Waals surface area contributed by atoms with E-state index in [9.17, 15) is 19.2 Å². The molecule has 2 aromatic carbocycles. The summed E-state index contributed by atoms with van der Waals surface area (Å²) in [4.78, 5) is 48.3. The molecular weight excluding hydrogens is 416 g/mol. The van der Waals surface area contributed by atoms with Crippen LogP contribution in [0.1, 0.15) is 41.0 Å². The summed E-state index contributed by atoms with van der Waals surface area (Å²) < 4.78 is 21.8. The molecule has 1 fully saturated rings. The van der Waals surface area contributed by atoms with E-state index in [4.69, 9.17) is 18.9 Å². The number of hydrogen-bond donors (Lipinski definition) is 0. The molecule has 0 radical (unpaired) electrons. The molecule has 1 aliphatic carbocycles. The van der Waals surface area contributed by atoms with E-state index in [2.05, 4.69) is 0 Å². The predicted molar refractivity (Wildman–Crippen MR) is 112 cm³/mol. The second-order valence-corrected chi connectivity index (χ2v) is 7.42. The first-order chi connectivity index (χ1) is 15.3. The largest absolute Gasteiger partial charge is 0.462 e. The summed E-state index contributed by atoms with van der Waals surface area (Å²) in [6, 6.07) is 16.8. The number of rotatable bonds is 7. The standard InChI is InChI=1S/C24H24O8/c1-15(25)30-20-13-19(14-29-23(27)17-9-5-3-6-10-17)21(22(20)31-16(2)26)32-24(28)18-11-7-4-8-12-18/h3-12,19-22H,13-14H2,1-2H3. The van der Waals surface area contributed by atoms with E-state index in [1.54, 1.807) is 60.7 Å². The Labute approximate surface area is 185 Å². The molecule has 4 unspecified atom stereocenters. The molecule has 0 aromatic heterocycles. The zero-order valence-electron chi connectivity index (χ0n) is 17.8. The molecule has 168 valence electrons. The van der Waals surface area contributed by atoms with E-state index in [1.807, 2.05) is 0 Å². The highest BCUT2D eigenvalue weighted by Crippen LogP contribution is 2.35. The fraction of sp³-hybridized carbons (Fsp3) is 0.333. The number of benzene rings is 2. The molecule has 0 bridgehead atoms. The summed E-state index contributed by atoms with van der Waals surface area (Å²) in [5.41, 5.74) is 0.682. The van der Waals surface area contributed by atoms with Gasteiger partial charge in [0.05, 0.1) is 17.7 Å². The lowest BCUT2D eigenvalue weighted by Gasteiger charge is -2.26. The Bertz CT molecular complexity index is 956. The number of carbonyl (C=O) groups excluding carboxylic acids is 4. The van der Waals surface area contributed by atoms with Crippen molar-refractivity contribution in [1.29, 1.82) is 0 Å². The van der Waals surface area contributed by atoms with Crippen LogP contribution >= 0.6 is 0 Å². The van der Waals surface area contributed by atoms with Crippen molar-refractivity contribution in [1.82, 2.24) is 0 Å². The molecule has 32 heavy (non-hydrogen) atoms. The molecular formula is C24H24O8. The molecule has 1 saturated carbocycles. The van der Waals surface area contributed by atoms with E-state index in [0.29, 0.717) is 11.1 Å². The Kier molecular flexibility index (Phi) is 7.59. The molecule has 0 heterocycles. The lowest BCUT2D eigenvalue weighted by atomic mass is 10.1. The number of esters is 4. The van der Waals surface area contributed by atoms with Crippen LogP contribution in [-0.2, 0) is 28.5 Å². The zero-order chi connectivity index (χ0) is 23.1. The molecule has 3 rings (SSSR count). The number of carbonyl (C=O) groups is 4. The van der Waals surface area contributed by atoms with E-state index in [0.717, 1.165) is 0 Å². The maximum absolute atomic E-state index is 12.7. The van der Waals surface area contributed by atoms with Crippen molar-refractivity contribution in [3.63, 3.8) is 0 Å². The predicted octanol–water partition coefficient (Wildman–Crippen LogP) is 2.95. The van der Waals surface area contributed by atoms with Crippen LogP contribution in [0.15, 0.2) is 60.7 Å². The van der Waals surface area contributed by atoms with Crippen LogP contribution in [0.4, 0.5) is 0 Å². The van der Waals surface area contributed by atoms with Crippen LogP contribution < -0.4 is 0 Å². The number of hydrogen-bond acceptors (Lipinski definition) is 8. The van der Waals surface area contributed by atoms with Crippen LogP contribution in [0.3, 0.4) is 0 Å². The minimum absolute atomic E-state index is 0.115. The highest BCUT2D eigenvalue weighted by molar-refractivity contribution is 5.90. The van der Waals surface area contributed by atoms with Crippen LogP contribution in [0.2, 0.25) is 0 Å². The molecule has 8 nitrogen and oxygen atoms in total. The molecule has 0 aliphatic heterocycles. The van der Waals surface area contributed by atoms with Crippen molar-refractivity contribution in [3.05, 3.63) is 71.8 Å². The molecule has 0 saturated heterocycles. The third-order valence-electron chi connectivity index (χ3n) is 5.00. The van der Waals surface area contributed by atoms with Gasteiger partial charge in [0.25, 0.3) is 0 Å². The summed E-state index contributed by atoms with van der Waals surface area (Å²) in [5, 5.41) is 0. The van der Waals surface area contributed by atoms with Gasteiger partial charge >= 0.3 is 23.9 Å². The van der Waals surface area contributed by atoms with Gasteiger partial charge in [0, 0.05) is 19.8 Å². The van der Waals surface area contributed by atoms with Gasteiger partial charge in [-0.1, -0.05) is 36.4 Å². The summed E-state index contributed by atoms with van der Waals surface area (Å²) in [6.45, 7) is 2.33. The van der Waals surface area contributed by atoms with Gasteiger partial charge < -0.3 is 18.9 Å². The summed E-state index contributed by atoms with van der Waals surface area (Å²) in [5.74, 6) is -2.91. The Balaban J connectivity index is 1.80. The van der Waals surface area contributed by atoms with Crippen molar-refractivity contribution in [2.45, 2.75) is 38.6 Å². The Morgan fingerprint density at radius 3 is 1.78 bits per heavy atom.